The SMILES string of the molecule is CC(C)CCCC(C)C/C=C/C=O. The lowest BCUT2D eigenvalue weighted by molar-refractivity contribution is -0.104. The average Bonchev–Trinajstić information content (AvgIpc) is 2.04. The van der Waals surface area contributed by atoms with Gasteiger partial charge in [0.2, 0.25) is 0 Å². The van der Waals surface area contributed by atoms with Gasteiger partial charge in [-0.05, 0) is 24.3 Å². The average molecular weight is 182 g/mol. The lowest BCUT2D eigenvalue weighted by atomic mass is 9.97. The van der Waals surface area contributed by atoms with E-state index in [0.717, 1.165) is 24.5 Å². The fraction of sp³-hybridized carbons (Fsp3) is 0.750. The van der Waals surface area contributed by atoms with Crippen LogP contribution < -0.4 is 0 Å². The van der Waals surface area contributed by atoms with E-state index in [1.807, 2.05) is 6.08 Å². The maximum Gasteiger partial charge on any atom is 0.142 e. The fourth-order valence-corrected chi connectivity index (χ4v) is 1.36. The first-order valence-corrected chi connectivity index (χ1v) is 5.27. The second-order valence-electron chi connectivity index (χ2n) is 4.23. The zero-order valence-electron chi connectivity index (χ0n) is 9.12. The molecule has 1 unspecified atom stereocenters. The predicted molar refractivity (Wildman–Crippen MR) is 57.7 cm³/mol. The minimum atomic E-state index is 0.718. The summed E-state index contributed by atoms with van der Waals surface area (Å²) in [4.78, 5) is 10.0. The summed E-state index contributed by atoms with van der Waals surface area (Å²) in [7, 11) is 0. The van der Waals surface area contributed by atoms with Crippen molar-refractivity contribution in [1.29, 1.82) is 0 Å². The van der Waals surface area contributed by atoms with Gasteiger partial charge < -0.3 is 0 Å². The molecule has 76 valence electrons. The largest absolute Gasteiger partial charge is 0.299 e. The van der Waals surface area contributed by atoms with Crippen LogP contribution in [0.3, 0.4) is 0 Å². The Hall–Kier alpha value is -0.590. The Kier molecular flexibility index (Phi) is 7.66. The molecule has 0 aliphatic carbocycles. The number of allylic oxidation sites excluding steroid dienone is 2. The summed E-state index contributed by atoms with van der Waals surface area (Å²) in [6.07, 6.45) is 9.36. The maximum absolute atomic E-state index is 10.0. The van der Waals surface area contributed by atoms with Gasteiger partial charge in [0.1, 0.15) is 6.29 Å². The van der Waals surface area contributed by atoms with Crippen molar-refractivity contribution in [2.45, 2.75) is 46.5 Å². The van der Waals surface area contributed by atoms with Gasteiger partial charge in [-0.3, -0.25) is 4.79 Å². The standard InChI is InChI=1S/C12H22O/c1-11(2)7-6-9-12(3)8-4-5-10-13/h4-5,10-12H,6-9H2,1-3H3/b5-4+. The highest BCUT2D eigenvalue weighted by atomic mass is 16.1. The first-order chi connectivity index (χ1) is 6.16. The number of rotatable bonds is 7. The quantitative estimate of drug-likeness (QED) is 0.434. The Bertz CT molecular complexity index is 147. The molecule has 1 atom stereocenters. The molecule has 0 saturated heterocycles. The number of hydrogen-bond acceptors (Lipinski definition) is 1. The van der Waals surface area contributed by atoms with Crippen LogP contribution in [0.15, 0.2) is 12.2 Å². The minimum Gasteiger partial charge on any atom is -0.299 e. The molecule has 13 heavy (non-hydrogen) atoms. The first-order valence-electron chi connectivity index (χ1n) is 5.27. The van der Waals surface area contributed by atoms with Crippen LogP contribution in [0.1, 0.15) is 46.5 Å². The van der Waals surface area contributed by atoms with Gasteiger partial charge in [-0.15, -0.1) is 0 Å². The monoisotopic (exact) mass is 182 g/mol. The summed E-state index contributed by atoms with van der Waals surface area (Å²) in [5, 5.41) is 0. The van der Waals surface area contributed by atoms with E-state index >= 15 is 0 Å². The Morgan fingerprint density at radius 3 is 2.38 bits per heavy atom. The van der Waals surface area contributed by atoms with Crippen molar-refractivity contribution < 1.29 is 4.79 Å². The minimum absolute atomic E-state index is 0.718. The lowest BCUT2D eigenvalue weighted by Gasteiger charge is -2.09. The second kappa shape index (κ2) is 8.03. The third-order valence-corrected chi connectivity index (χ3v) is 2.23. The lowest BCUT2D eigenvalue weighted by Crippen LogP contribution is -1.95. The molecule has 0 spiro atoms. The van der Waals surface area contributed by atoms with E-state index in [0.29, 0.717) is 0 Å². The molecule has 1 heteroatoms. The van der Waals surface area contributed by atoms with Crippen molar-refractivity contribution in [3.63, 3.8) is 0 Å². The molecule has 0 aliphatic rings. The van der Waals surface area contributed by atoms with Gasteiger partial charge in [-0.25, -0.2) is 0 Å². The Morgan fingerprint density at radius 2 is 1.85 bits per heavy atom. The summed E-state index contributed by atoms with van der Waals surface area (Å²) >= 11 is 0. The van der Waals surface area contributed by atoms with Crippen LogP contribution >= 0.6 is 0 Å². The summed E-state index contributed by atoms with van der Waals surface area (Å²) in [6.45, 7) is 6.77. The van der Waals surface area contributed by atoms with Gasteiger partial charge in [0, 0.05) is 0 Å². The molecule has 0 heterocycles. The van der Waals surface area contributed by atoms with Crippen LogP contribution in [-0.2, 0) is 4.79 Å². The molecule has 0 aromatic rings. The topological polar surface area (TPSA) is 17.1 Å². The van der Waals surface area contributed by atoms with E-state index in [1.165, 1.54) is 19.3 Å². The third kappa shape index (κ3) is 9.32. The zero-order valence-corrected chi connectivity index (χ0v) is 9.12. The molecule has 1 nitrogen and oxygen atoms in total. The molecular formula is C12H22O. The number of hydrogen-bond donors (Lipinski definition) is 0. The molecule has 0 bridgehead atoms. The number of carbonyl (C=O) groups is 1. The maximum atomic E-state index is 10.0. The molecule has 0 fully saturated rings. The molecule has 0 saturated carbocycles. The van der Waals surface area contributed by atoms with E-state index in [9.17, 15) is 4.79 Å². The van der Waals surface area contributed by atoms with Gasteiger partial charge in [-0.1, -0.05) is 46.1 Å². The molecule has 0 rings (SSSR count). The summed E-state index contributed by atoms with van der Waals surface area (Å²) in [6, 6.07) is 0. The third-order valence-electron chi connectivity index (χ3n) is 2.23. The number of aldehydes is 1. The van der Waals surface area contributed by atoms with E-state index in [-0.39, 0.29) is 0 Å². The van der Waals surface area contributed by atoms with E-state index < -0.39 is 0 Å². The first kappa shape index (κ1) is 12.4. The van der Waals surface area contributed by atoms with Crippen molar-refractivity contribution in [3.05, 3.63) is 12.2 Å². The zero-order chi connectivity index (χ0) is 10.1. The van der Waals surface area contributed by atoms with Crippen molar-refractivity contribution in [2.24, 2.45) is 11.8 Å². The smallest absolute Gasteiger partial charge is 0.142 e. The molecule has 0 amide bonds. The highest BCUT2D eigenvalue weighted by Crippen LogP contribution is 2.15. The Balaban J connectivity index is 3.34. The van der Waals surface area contributed by atoms with Crippen LogP contribution in [0.2, 0.25) is 0 Å². The van der Waals surface area contributed by atoms with Crippen LogP contribution in [-0.4, -0.2) is 6.29 Å². The molecule has 0 aromatic carbocycles. The van der Waals surface area contributed by atoms with Crippen molar-refractivity contribution >= 4 is 6.29 Å². The van der Waals surface area contributed by atoms with Crippen LogP contribution in [0.4, 0.5) is 0 Å². The molecule has 0 aliphatic heterocycles. The highest BCUT2D eigenvalue weighted by molar-refractivity contribution is 5.64. The van der Waals surface area contributed by atoms with Crippen molar-refractivity contribution in [2.75, 3.05) is 0 Å². The molecular weight excluding hydrogens is 160 g/mol. The van der Waals surface area contributed by atoms with Gasteiger partial charge in [0.25, 0.3) is 0 Å². The summed E-state index contributed by atoms with van der Waals surface area (Å²) in [5.74, 6) is 1.53. The van der Waals surface area contributed by atoms with E-state index in [2.05, 4.69) is 20.8 Å². The van der Waals surface area contributed by atoms with Gasteiger partial charge >= 0.3 is 0 Å². The van der Waals surface area contributed by atoms with E-state index in [1.54, 1.807) is 6.08 Å². The van der Waals surface area contributed by atoms with Gasteiger partial charge in [0.05, 0.1) is 0 Å². The normalized spacial score (nSPS) is 13.8. The van der Waals surface area contributed by atoms with Crippen LogP contribution in [0, 0.1) is 11.8 Å². The van der Waals surface area contributed by atoms with Crippen molar-refractivity contribution in [1.82, 2.24) is 0 Å². The second-order valence-corrected chi connectivity index (χ2v) is 4.23. The summed E-state index contributed by atoms with van der Waals surface area (Å²) in [5.41, 5.74) is 0. The highest BCUT2D eigenvalue weighted by Gasteiger charge is 2.00. The number of carbonyl (C=O) groups excluding carboxylic acids is 1. The predicted octanol–water partition coefficient (Wildman–Crippen LogP) is 3.59. The van der Waals surface area contributed by atoms with E-state index in [4.69, 9.17) is 0 Å². The van der Waals surface area contributed by atoms with Crippen LogP contribution in [0.25, 0.3) is 0 Å². The Labute approximate surface area is 82.2 Å². The van der Waals surface area contributed by atoms with Crippen LogP contribution in [0.5, 0.6) is 0 Å². The van der Waals surface area contributed by atoms with Crippen molar-refractivity contribution in [3.8, 4) is 0 Å². The molecule has 0 radical (unpaired) electrons. The summed E-state index contributed by atoms with van der Waals surface area (Å²) < 4.78 is 0. The Morgan fingerprint density at radius 1 is 1.15 bits per heavy atom. The fourth-order valence-electron chi connectivity index (χ4n) is 1.36. The molecule has 0 N–H and O–H groups in total. The van der Waals surface area contributed by atoms with Gasteiger partial charge in [-0.2, -0.15) is 0 Å². The van der Waals surface area contributed by atoms with Gasteiger partial charge in [0.15, 0.2) is 0 Å². The molecule has 0 aromatic heterocycles.